The quantitative estimate of drug-likeness (QED) is 0.284. The maximum absolute atomic E-state index is 12.6. The summed E-state index contributed by atoms with van der Waals surface area (Å²) in [4.78, 5) is 22.8. The number of carbonyl (C=O) groups excluding carboxylic acids is 1. The summed E-state index contributed by atoms with van der Waals surface area (Å²) >= 11 is 0. The molecule has 7 heteroatoms. The molecule has 27 heavy (non-hydrogen) atoms. The first kappa shape index (κ1) is 18.2. The molecule has 0 atom stereocenters. The van der Waals surface area contributed by atoms with Crippen LogP contribution in [0.2, 0.25) is 0 Å². The van der Waals surface area contributed by atoms with Crippen molar-refractivity contribution in [3.8, 4) is 11.5 Å². The van der Waals surface area contributed by atoms with Crippen molar-refractivity contribution in [3.63, 3.8) is 0 Å². The van der Waals surface area contributed by atoms with Crippen LogP contribution in [0, 0.1) is 10.1 Å². The fourth-order valence-electron chi connectivity index (χ4n) is 2.89. The number of aryl methyl sites for hydroxylation is 1. The second-order valence-electron chi connectivity index (χ2n) is 5.79. The number of fused-ring (bicyclic) bond motifs is 1. The number of furan rings is 1. The van der Waals surface area contributed by atoms with Gasteiger partial charge in [-0.3, -0.25) is 14.9 Å². The summed E-state index contributed by atoms with van der Waals surface area (Å²) < 4.78 is 10.6. The van der Waals surface area contributed by atoms with Crippen LogP contribution in [-0.4, -0.2) is 17.8 Å². The van der Waals surface area contributed by atoms with Crippen molar-refractivity contribution in [1.29, 1.82) is 0 Å². The summed E-state index contributed by atoms with van der Waals surface area (Å²) in [7, 11) is 1.25. The van der Waals surface area contributed by atoms with Gasteiger partial charge < -0.3 is 14.3 Å². The summed E-state index contributed by atoms with van der Waals surface area (Å²) in [5.41, 5.74) is 1.12. The van der Waals surface area contributed by atoms with E-state index in [1.807, 2.05) is 25.1 Å². The second kappa shape index (κ2) is 7.33. The van der Waals surface area contributed by atoms with Crippen LogP contribution in [0.15, 0.2) is 46.9 Å². The topological polar surface area (TPSA) is 106 Å². The van der Waals surface area contributed by atoms with Gasteiger partial charge in [0.25, 0.3) is 5.69 Å². The molecular weight excluding hydrogens is 350 g/mol. The Morgan fingerprint density at radius 2 is 2.04 bits per heavy atom. The highest BCUT2D eigenvalue weighted by molar-refractivity contribution is 6.08. The Bertz CT molecular complexity index is 1060. The van der Waals surface area contributed by atoms with Gasteiger partial charge in [-0.25, -0.2) is 0 Å². The Balaban J connectivity index is 1.98. The predicted molar refractivity (Wildman–Crippen MR) is 98.1 cm³/mol. The van der Waals surface area contributed by atoms with E-state index in [2.05, 4.69) is 0 Å². The van der Waals surface area contributed by atoms with Crippen LogP contribution < -0.4 is 9.84 Å². The van der Waals surface area contributed by atoms with Crippen LogP contribution in [0.5, 0.6) is 11.5 Å². The molecule has 1 aromatic heterocycles. The number of nitrogens with zero attached hydrogens (tertiary/aromatic N) is 1. The number of rotatable bonds is 6. The van der Waals surface area contributed by atoms with Gasteiger partial charge in [0.15, 0.2) is 5.76 Å². The normalized spacial score (nSPS) is 11.2. The highest BCUT2D eigenvalue weighted by Gasteiger charge is 2.17. The zero-order valence-electron chi connectivity index (χ0n) is 14.7. The van der Waals surface area contributed by atoms with Crippen molar-refractivity contribution in [1.82, 2.24) is 0 Å². The molecule has 0 amide bonds. The number of nitro groups is 1. The number of ketones is 1. The van der Waals surface area contributed by atoms with Gasteiger partial charge in [0.05, 0.1) is 12.0 Å². The summed E-state index contributed by atoms with van der Waals surface area (Å²) in [5.74, 6) is -1.10. The number of carbonyl (C=O) groups is 1. The van der Waals surface area contributed by atoms with Gasteiger partial charge in [-0.05, 0) is 30.2 Å². The minimum absolute atomic E-state index is 0.158. The van der Waals surface area contributed by atoms with Crippen molar-refractivity contribution in [2.24, 2.45) is 0 Å². The van der Waals surface area contributed by atoms with Gasteiger partial charge in [0.2, 0.25) is 5.78 Å². The van der Waals surface area contributed by atoms with Crippen LogP contribution in [0.1, 0.15) is 28.6 Å². The molecule has 138 valence electrons. The van der Waals surface area contributed by atoms with E-state index in [1.165, 1.54) is 25.3 Å². The molecule has 0 N–H and O–H groups in total. The molecule has 2 aromatic carbocycles. The van der Waals surface area contributed by atoms with Crippen molar-refractivity contribution < 1.29 is 24.0 Å². The SMILES string of the molecule is CCc1c(C(=O)/C=C/c2cc(OC)c([O-])c([N+](=O)[O-])c2)oc2ccccc12. The summed E-state index contributed by atoms with van der Waals surface area (Å²) in [6, 6.07) is 9.82. The van der Waals surface area contributed by atoms with Crippen LogP contribution in [-0.2, 0) is 6.42 Å². The first-order valence-corrected chi connectivity index (χ1v) is 8.22. The third-order valence-corrected chi connectivity index (χ3v) is 4.18. The summed E-state index contributed by atoms with van der Waals surface area (Å²) in [6.45, 7) is 1.93. The van der Waals surface area contributed by atoms with Crippen molar-refractivity contribution in [2.75, 3.05) is 7.11 Å². The van der Waals surface area contributed by atoms with Gasteiger partial charge in [0, 0.05) is 22.8 Å². The smallest absolute Gasteiger partial charge is 0.266 e. The first-order chi connectivity index (χ1) is 13.0. The average molecular weight is 366 g/mol. The highest BCUT2D eigenvalue weighted by atomic mass is 16.6. The summed E-state index contributed by atoms with van der Waals surface area (Å²) in [6.07, 6.45) is 3.28. The van der Waals surface area contributed by atoms with Gasteiger partial charge in [-0.2, -0.15) is 0 Å². The van der Waals surface area contributed by atoms with Crippen molar-refractivity contribution in [3.05, 3.63) is 69.5 Å². The van der Waals surface area contributed by atoms with E-state index in [0.717, 1.165) is 17.0 Å². The van der Waals surface area contributed by atoms with Crippen molar-refractivity contribution in [2.45, 2.75) is 13.3 Å². The van der Waals surface area contributed by atoms with Gasteiger partial charge >= 0.3 is 0 Å². The highest BCUT2D eigenvalue weighted by Crippen LogP contribution is 2.35. The first-order valence-electron chi connectivity index (χ1n) is 8.22. The Morgan fingerprint density at radius 3 is 2.70 bits per heavy atom. The van der Waals surface area contributed by atoms with E-state index in [-0.39, 0.29) is 17.3 Å². The Labute approximate surface area is 154 Å². The largest absolute Gasteiger partial charge is 0.865 e. The van der Waals surface area contributed by atoms with Crippen LogP contribution in [0.3, 0.4) is 0 Å². The number of allylic oxidation sites excluding steroid dienone is 1. The minimum Gasteiger partial charge on any atom is -0.865 e. The van der Waals surface area contributed by atoms with E-state index in [1.54, 1.807) is 6.07 Å². The third kappa shape index (κ3) is 3.39. The predicted octanol–water partition coefficient (Wildman–Crippen LogP) is 3.88. The van der Waals surface area contributed by atoms with E-state index in [9.17, 15) is 20.0 Å². The van der Waals surface area contributed by atoms with Gasteiger partial charge in [-0.1, -0.05) is 31.2 Å². The van der Waals surface area contributed by atoms with Gasteiger partial charge in [0.1, 0.15) is 11.3 Å². The molecule has 0 radical (unpaired) electrons. The lowest BCUT2D eigenvalue weighted by atomic mass is 10.1. The molecule has 0 aliphatic heterocycles. The Hall–Kier alpha value is -3.61. The monoisotopic (exact) mass is 366 g/mol. The lowest BCUT2D eigenvalue weighted by molar-refractivity contribution is -0.398. The van der Waals surface area contributed by atoms with Crippen LogP contribution in [0.4, 0.5) is 5.69 Å². The van der Waals surface area contributed by atoms with Crippen LogP contribution in [0.25, 0.3) is 17.0 Å². The maximum atomic E-state index is 12.6. The zero-order valence-corrected chi connectivity index (χ0v) is 14.7. The number of nitro benzene ring substituents is 1. The molecule has 3 rings (SSSR count). The zero-order chi connectivity index (χ0) is 19.6. The molecular formula is C20H16NO6-. The summed E-state index contributed by atoms with van der Waals surface area (Å²) in [5, 5.41) is 23.8. The van der Waals surface area contributed by atoms with Crippen molar-refractivity contribution >= 4 is 28.5 Å². The molecule has 7 nitrogen and oxygen atoms in total. The number of hydrogen-bond donors (Lipinski definition) is 0. The molecule has 1 heterocycles. The fraction of sp³-hybridized carbons (Fsp3) is 0.150. The molecule has 3 aromatic rings. The second-order valence-corrected chi connectivity index (χ2v) is 5.79. The molecule has 0 aliphatic rings. The van der Waals surface area contributed by atoms with E-state index >= 15 is 0 Å². The standard InChI is InChI=1S/C20H17NO6/c1-3-13-14-6-4-5-7-17(14)27-20(13)16(22)9-8-12-10-15(21(24)25)19(23)18(11-12)26-2/h4-11,23H,3H2,1-2H3/p-1/b9-8+. The fourth-order valence-corrected chi connectivity index (χ4v) is 2.89. The Kier molecular flexibility index (Phi) is 4.94. The molecule has 0 saturated heterocycles. The van der Waals surface area contributed by atoms with E-state index in [0.29, 0.717) is 17.6 Å². The molecule has 0 unspecified atom stereocenters. The Morgan fingerprint density at radius 1 is 1.30 bits per heavy atom. The molecule has 0 spiro atoms. The minimum atomic E-state index is -0.809. The van der Waals surface area contributed by atoms with E-state index < -0.39 is 16.4 Å². The number of ether oxygens (including phenoxy) is 1. The van der Waals surface area contributed by atoms with E-state index in [4.69, 9.17) is 9.15 Å². The lowest BCUT2D eigenvalue weighted by Crippen LogP contribution is -2.01. The number of hydrogen-bond acceptors (Lipinski definition) is 6. The maximum Gasteiger partial charge on any atom is 0.266 e. The third-order valence-electron chi connectivity index (χ3n) is 4.18. The van der Waals surface area contributed by atoms with Gasteiger partial charge in [-0.15, -0.1) is 0 Å². The lowest BCUT2D eigenvalue weighted by Gasteiger charge is -2.13. The molecule has 0 saturated carbocycles. The number of benzene rings is 2. The molecule has 0 bridgehead atoms. The number of methoxy groups -OCH3 is 1. The number of para-hydroxylation sites is 1. The molecule has 0 fully saturated rings. The average Bonchev–Trinajstić information content (AvgIpc) is 3.05. The molecule has 0 aliphatic carbocycles. The van der Waals surface area contributed by atoms with Crippen LogP contribution >= 0.6 is 0 Å².